The fraction of sp³-hybridized carbons (Fsp3) is 0.739. The number of rotatable bonds is 11. The lowest BCUT2D eigenvalue weighted by Crippen LogP contribution is -2.09. The molecule has 1 aromatic carbocycles. The lowest BCUT2D eigenvalue weighted by Gasteiger charge is -2.22. The normalized spacial score (nSPS) is 16.0. The van der Waals surface area contributed by atoms with Crippen LogP contribution in [0.3, 0.4) is 0 Å². The van der Waals surface area contributed by atoms with Crippen molar-refractivity contribution in [1.29, 1.82) is 0 Å². The van der Waals surface area contributed by atoms with Gasteiger partial charge >= 0.3 is 0 Å². The number of hydrogen-bond donors (Lipinski definition) is 3. The van der Waals surface area contributed by atoms with Gasteiger partial charge in [0.1, 0.15) is 5.75 Å². The van der Waals surface area contributed by atoms with Crippen molar-refractivity contribution in [3.8, 4) is 17.2 Å². The largest absolute Gasteiger partial charge is 0.508 e. The van der Waals surface area contributed by atoms with Gasteiger partial charge in [-0.3, -0.25) is 0 Å². The van der Waals surface area contributed by atoms with Gasteiger partial charge in [-0.25, -0.2) is 0 Å². The maximum Gasteiger partial charge on any atom is 0.161 e. The molecule has 26 heavy (non-hydrogen) atoms. The SMILES string of the molecule is CCC(C)(C)CCCCc1c(O)c(O)cc(O)c1CCCCC1(C)CC1. The molecule has 0 saturated heterocycles. The van der Waals surface area contributed by atoms with Gasteiger partial charge in [-0.15, -0.1) is 0 Å². The van der Waals surface area contributed by atoms with E-state index in [0.29, 0.717) is 17.3 Å². The van der Waals surface area contributed by atoms with Crippen LogP contribution in [0.25, 0.3) is 0 Å². The molecular formula is C23H38O3. The zero-order chi connectivity index (χ0) is 19.4. The topological polar surface area (TPSA) is 60.7 Å². The highest BCUT2D eigenvalue weighted by molar-refractivity contribution is 5.55. The van der Waals surface area contributed by atoms with Gasteiger partial charge in [-0.1, -0.05) is 47.0 Å². The zero-order valence-electron chi connectivity index (χ0n) is 17.2. The molecule has 3 heteroatoms. The van der Waals surface area contributed by atoms with Crippen LogP contribution in [-0.2, 0) is 12.8 Å². The first kappa shape index (κ1) is 20.9. The highest BCUT2D eigenvalue weighted by Crippen LogP contribution is 2.49. The molecule has 0 bridgehead atoms. The Morgan fingerprint density at radius 1 is 0.923 bits per heavy atom. The predicted molar refractivity (Wildman–Crippen MR) is 108 cm³/mol. The summed E-state index contributed by atoms with van der Waals surface area (Å²) in [5, 5.41) is 30.6. The molecule has 0 radical (unpaired) electrons. The van der Waals surface area contributed by atoms with E-state index in [1.165, 1.54) is 25.3 Å². The van der Waals surface area contributed by atoms with Crippen LogP contribution in [0.5, 0.6) is 17.2 Å². The van der Waals surface area contributed by atoms with Crippen LogP contribution in [0.1, 0.15) is 96.6 Å². The van der Waals surface area contributed by atoms with E-state index < -0.39 is 0 Å². The number of phenolic OH excluding ortho intramolecular Hbond substituents is 3. The van der Waals surface area contributed by atoms with Gasteiger partial charge in [0.15, 0.2) is 11.5 Å². The Hall–Kier alpha value is -1.38. The number of hydrogen-bond acceptors (Lipinski definition) is 3. The Morgan fingerprint density at radius 2 is 1.54 bits per heavy atom. The Balaban J connectivity index is 1.96. The van der Waals surface area contributed by atoms with E-state index >= 15 is 0 Å². The lowest BCUT2D eigenvalue weighted by atomic mass is 9.84. The maximum atomic E-state index is 10.3. The molecule has 1 aliphatic carbocycles. The number of unbranched alkanes of at least 4 members (excludes halogenated alkanes) is 2. The summed E-state index contributed by atoms with van der Waals surface area (Å²) in [7, 11) is 0. The van der Waals surface area contributed by atoms with E-state index in [2.05, 4.69) is 27.7 Å². The maximum absolute atomic E-state index is 10.3. The molecule has 3 N–H and O–H groups in total. The van der Waals surface area contributed by atoms with Crippen LogP contribution in [0.2, 0.25) is 0 Å². The fourth-order valence-corrected chi connectivity index (χ4v) is 3.68. The van der Waals surface area contributed by atoms with E-state index in [9.17, 15) is 15.3 Å². The van der Waals surface area contributed by atoms with Crippen LogP contribution in [-0.4, -0.2) is 15.3 Å². The summed E-state index contributed by atoms with van der Waals surface area (Å²) in [4.78, 5) is 0. The first-order valence-electron chi connectivity index (χ1n) is 10.4. The highest BCUT2D eigenvalue weighted by Gasteiger charge is 2.36. The lowest BCUT2D eigenvalue weighted by molar-refractivity contribution is 0.309. The van der Waals surface area contributed by atoms with Crippen molar-refractivity contribution < 1.29 is 15.3 Å². The first-order valence-corrected chi connectivity index (χ1v) is 10.4. The van der Waals surface area contributed by atoms with Crippen molar-refractivity contribution in [2.24, 2.45) is 10.8 Å². The third-order valence-electron chi connectivity index (χ3n) is 6.52. The number of benzene rings is 1. The third-order valence-corrected chi connectivity index (χ3v) is 6.52. The third kappa shape index (κ3) is 5.82. The Bertz CT molecular complexity index is 600. The van der Waals surface area contributed by atoms with Gasteiger partial charge in [-0.2, -0.15) is 0 Å². The van der Waals surface area contributed by atoms with Gasteiger partial charge in [0, 0.05) is 17.2 Å². The minimum absolute atomic E-state index is 0.0401. The van der Waals surface area contributed by atoms with Gasteiger partial charge in [0.05, 0.1) is 0 Å². The quantitative estimate of drug-likeness (QED) is 0.240. The van der Waals surface area contributed by atoms with Gasteiger partial charge in [0.25, 0.3) is 0 Å². The van der Waals surface area contributed by atoms with Crippen molar-refractivity contribution in [3.05, 3.63) is 17.2 Å². The zero-order valence-corrected chi connectivity index (χ0v) is 17.2. The molecule has 0 heterocycles. The van der Waals surface area contributed by atoms with Crippen molar-refractivity contribution in [1.82, 2.24) is 0 Å². The Labute approximate surface area is 159 Å². The first-order chi connectivity index (χ1) is 12.2. The van der Waals surface area contributed by atoms with E-state index in [1.807, 2.05) is 0 Å². The Kier molecular flexibility index (Phi) is 6.87. The van der Waals surface area contributed by atoms with Crippen molar-refractivity contribution in [3.63, 3.8) is 0 Å². The number of aromatic hydroxyl groups is 3. The number of phenols is 3. The molecule has 148 valence electrons. The molecular weight excluding hydrogens is 324 g/mol. The van der Waals surface area contributed by atoms with E-state index in [-0.39, 0.29) is 17.2 Å². The second-order valence-corrected chi connectivity index (χ2v) is 9.46. The van der Waals surface area contributed by atoms with Gasteiger partial charge < -0.3 is 15.3 Å². The second kappa shape index (κ2) is 8.54. The Morgan fingerprint density at radius 3 is 2.15 bits per heavy atom. The van der Waals surface area contributed by atoms with Crippen molar-refractivity contribution in [2.75, 3.05) is 0 Å². The average Bonchev–Trinajstić information content (AvgIpc) is 3.32. The molecule has 0 unspecified atom stereocenters. The minimum atomic E-state index is -0.208. The van der Waals surface area contributed by atoms with E-state index in [0.717, 1.165) is 56.1 Å². The average molecular weight is 363 g/mol. The summed E-state index contributed by atoms with van der Waals surface area (Å²) in [6.07, 6.45) is 12.0. The molecule has 0 spiro atoms. The van der Waals surface area contributed by atoms with Crippen molar-refractivity contribution in [2.45, 2.75) is 98.3 Å². The summed E-state index contributed by atoms with van der Waals surface area (Å²) in [5.41, 5.74) is 2.49. The van der Waals surface area contributed by atoms with Crippen molar-refractivity contribution >= 4 is 0 Å². The van der Waals surface area contributed by atoms with Crippen LogP contribution in [0, 0.1) is 10.8 Å². The standard InChI is InChI=1S/C23H38O3/c1-5-22(2,3)12-8-6-11-18-17(19(24)16-20(25)21(18)26)10-7-9-13-23(4)14-15-23/h16,24-26H,5-15H2,1-4H3. The molecule has 0 atom stereocenters. The second-order valence-electron chi connectivity index (χ2n) is 9.46. The van der Waals surface area contributed by atoms with Gasteiger partial charge in [0.2, 0.25) is 0 Å². The molecule has 1 aliphatic rings. The molecule has 2 rings (SSSR count). The van der Waals surface area contributed by atoms with Crippen LogP contribution in [0.15, 0.2) is 6.07 Å². The minimum Gasteiger partial charge on any atom is -0.508 e. The van der Waals surface area contributed by atoms with Crippen LogP contribution >= 0.6 is 0 Å². The summed E-state index contributed by atoms with van der Waals surface area (Å²) in [6.45, 7) is 9.15. The van der Waals surface area contributed by atoms with Crippen LogP contribution in [0.4, 0.5) is 0 Å². The predicted octanol–water partition coefficient (Wildman–Crippen LogP) is 6.47. The molecule has 3 nitrogen and oxygen atoms in total. The van der Waals surface area contributed by atoms with E-state index in [1.54, 1.807) is 0 Å². The molecule has 0 aromatic heterocycles. The summed E-state index contributed by atoms with van der Waals surface area (Å²) < 4.78 is 0. The summed E-state index contributed by atoms with van der Waals surface area (Å²) >= 11 is 0. The van der Waals surface area contributed by atoms with Gasteiger partial charge in [-0.05, 0) is 62.2 Å². The summed E-state index contributed by atoms with van der Waals surface area (Å²) in [5.74, 6) is -0.121. The molecule has 1 saturated carbocycles. The smallest absolute Gasteiger partial charge is 0.161 e. The molecule has 1 fully saturated rings. The molecule has 1 aromatic rings. The highest BCUT2D eigenvalue weighted by atomic mass is 16.3. The summed E-state index contributed by atoms with van der Waals surface area (Å²) in [6, 6.07) is 1.29. The fourth-order valence-electron chi connectivity index (χ4n) is 3.68. The van der Waals surface area contributed by atoms with Crippen LogP contribution < -0.4 is 0 Å². The van der Waals surface area contributed by atoms with E-state index in [4.69, 9.17) is 0 Å². The monoisotopic (exact) mass is 362 g/mol. The molecule has 0 amide bonds. The molecule has 0 aliphatic heterocycles.